The summed E-state index contributed by atoms with van der Waals surface area (Å²) < 4.78 is 10.3. The zero-order valence-corrected chi connectivity index (χ0v) is 15.7. The number of ether oxygens (including phenoxy) is 1. The van der Waals surface area contributed by atoms with Crippen LogP contribution < -0.4 is 0 Å². The van der Waals surface area contributed by atoms with Crippen LogP contribution in [0.25, 0.3) is 11.3 Å². The van der Waals surface area contributed by atoms with Gasteiger partial charge in [0.05, 0.1) is 6.04 Å². The van der Waals surface area contributed by atoms with Gasteiger partial charge in [-0.15, -0.1) is 0 Å². The number of aromatic nitrogens is 1. The summed E-state index contributed by atoms with van der Waals surface area (Å²) in [6, 6.07) is 9.01. The summed E-state index contributed by atoms with van der Waals surface area (Å²) in [6.07, 6.45) is -0.0917. The van der Waals surface area contributed by atoms with E-state index in [1.165, 1.54) is 4.90 Å². The molecule has 0 aliphatic carbocycles. The Hall–Kier alpha value is -2.83. The van der Waals surface area contributed by atoms with Crippen molar-refractivity contribution in [3.05, 3.63) is 36.1 Å². The molecule has 2 heterocycles. The van der Waals surface area contributed by atoms with E-state index < -0.39 is 6.09 Å². The second-order valence-corrected chi connectivity index (χ2v) is 7.33. The summed E-state index contributed by atoms with van der Waals surface area (Å²) in [7, 11) is 0. The fraction of sp³-hybridized carbons (Fsp3) is 0.450. The zero-order valence-electron chi connectivity index (χ0n) is 15.7. The first kappa shape index (κ1) is 18.9. The lowest BCUT2D eigenvalue weighted by Crippen LogP contribution is -2.42. The molecule has 1 fully saturated rings. The monoisotopic (exact) mass is 372 g/mol. The van der Waals surface area contributed by atoms with Crippen LogP contribution in [0.2, 0.25) is 0 Å². The molecule has 3 rings (SSSR count). The van der Waals surface area contributed by atoms with Crippen LogP contribution in [0.5, 0.6) is 5.75 Å². The lowest BCUT2D eigenvalue weighted by Gasteiger charge is -2.23. The van der Waals surface area contributed by atoms with Crippen LogP contribution in [0.4, 0.5) is 4.79 Å². The maximum Gasteiger partial charge on any atom is 0.416 e. The molecule has 2 amide bonds. The normalized spacial score (nSPS) is 18.0. The van der Waals surface area contributed by atoms with Gasteiger partial charge in [0.1, 0.15) is 6.61 Å². The van der Waals surface area contributed by atoms with Gasteiger partial charge in [-0.1, -0.05) is 56.3 Å². The van der Waals surface area contributed by atoms with Gasteiger partial charge in [0.25, 0.3) is 0 Å². The molecular formula is C20H24N2O5. The summed E-state index contributed by atoms with van der Waals surface area (Å²) >= 11 is 0. The topological polar surface area (TPSA) is 92.9 Å². The van der Waals surface area contributed by atoms with E-state index in [1.54, 1.807) is 0 Å². The van der Waals surface area contributed by atoms with E-state index >= 15 is 0 Å². The fourth-order valence-electron chi connectivity index (χ4n) is 3.24. The van der Waals surface area contributed by atoms with Gasteiger partial charge in [-0.3, -0.25) is 4.79 Å². The van der Waals surface area contributed by atoms with Crippen LogP contribution >= 0.6 is 0 Å². The minimum Gasteiger partial charge on any atom is -0.503 e. The maximum absolute atomic E-state index is 12.6. The highest BCUT2D eigenvalue weighted by molar-refractivity contribution is 5.93. The van der Waals surface area contributed by atoms with E-state index in [9.17, 15) is 14.7 Å². The van der Waals surface area contributed by atoms with Crippen molar-refractivity contribution in [3.63, 3.8) is 0 Å². The highest BCUT2D eigenvalue weighted by Gasteiger charge is 2.39. The SMILES string of the molecule is CC(C)[C@H]1COC(=O)N1C(=O)C[C@@H](C)Cc1onc(-c2ccccc2)c1O. The molecule has 0 unspecified atom stereocenters. The second-order valence-electron chi connectivity index (χ2n) is 7.33. The van der Waals surface area contributed by atoms with Gasteiger partial charge in [-0.2, -0.15) is 0 Å². The Balaban J connectivity index is 1.66. The van der Waals surface area contributed by atoms with Crippen LogP contribution in [0.3, 0.4) is 0 Å². The number of carbonyl (C=O) groups excluding carboxylic acids is 2. The van der Waals surface area contributed by atoms with Gasteiger partial charge in [0.15, 0.2) is 17.2 Å². The van der Waals surface area contributed by atoms with Crippen molar-refractivity contribution in [1.82, 2.24) is 10.1 Å². The van der Waals surface area contributed by atoms with Crippen molar-refractivity contribution < 1.29 is 24.0 Å². The Kier molecular flexibility index (Phi) is 5.48. The first-order chi connectivity index (χ1) is 12.9. The first-order valence-electron chi connectivity index (χ1n) is 9.10. The van der Waals surface area contributed by atoms with E-state index in [0.29, 0.717) is 17.9 Å². The third-order valence-corrected chi connectivity index (χ3v) is 4.78. The second kappa shape index (κ2) is 7.82. The number of cyclic esters (lactones) is 1. The number of aromatic hydroxyl groups is 1. The van der Waals surface area contributed by atoms with Crippen LogP contribution in [0, 0.1) is 11.8 Å². The van der Waals surface area contributed by atoms with E-state index in [1.807, 2.05) is 51.1 Å². The van der Waals surface area contributed by atoms with Crippen molar-refractivity contribution >= 4 is 12.0 Å². The van der Waals surface area contributed by atoms with Gasteiger partial charge < -0.3 is 14.4 Å². The van der Waals surface area contributed by atoms with Crippen molar-refractivity contribution in [2.24, 2.45) is 11.8 Å². The van der Waals surface area contributed by atoms with Crippen LogP contribution in [-0.4, -0.2) is 39.8 Å². The molecule has 1 aliphatic rings. The minimum atomic E-state index is -0.584. The number of rotatable bonds is 6. The molecule has 1 aliphatic heterocycles. The fourth-order valence-corrected chi connectivity index (χ4v) is 3.24. The highest BCUT2D eigenvalue weighted by Crippen LogP contribution is 2.33. The van der Waals surface area contributed by atoms with E-state index in [-0.39, 0.29) is 42.6 Å². The number of carbonyl (C=O) groups is 2. The summed E-state index contributed by atoms with van der Waals surface area (Å²) in [6.45, 7) is 6.01. The van der Waals surface area contributed by atoms with Crippen molar-refractivity contribution in [3.8, 4) is 17.0 Å². The number of nitrogens with zero attached hydrogens (tertiary/aromatic N) is 2. The molecule has 0 bridgehead atoms. The van der Waals surface area contributed by atoms with E-state index in [0.717, 1.165) is 5.56 Å². The number of hydrogen-bond acceptors (Lipinski definition) is 6. The molecule has 7 heteroatoms. The lowest BCUT2D eigenvalue weighted by atomic mass is 9.98. The van der Waals surface area contributed by atoms with Crippen molar-refractivity contribution in [2.45, 2.75) is 39.7 Å². The van der Waals surface area contributed by atoms with Gasteiger partial charge in [-0.05, 0) is 11.8 Å². The minimum absolute atomic E-state index is 0.0128. The average molecular weight is 372 g/mol. The highest BCUT2D eigenvalue weighted by atomic mass is 16.6. The summed E-state index contributed by atoms with van der Waals surface area (Å²) in [5.74, 6) is 0.0364. The Morgan fingerprint density at radius 3 is 2.67 bits per heavy atom. The molecule has 0 saturated carbocycles. The Bertz CT molecular complexity index is 815. The number of imide groups is 1. The van der Waals surface area contributed by atoms with Gasteiger partial charge in [0.2, 0.25) is 5.91 Å². The smallest absolute Gasteiger partial charge is 0.416 e. The molecule has 2 aromatic rings. The molecule has 1 aromatic heterocycles. The lowest BCUT2D eigenvalue weighted by molar-refractivity contribution is -0.130. The summed E-state index contributed by atoms with van der Waals surface area (Å²) in [5, 5.41) is 14.4. The first-order valence-corrected chi connectivity index (χ1v) is 9.10. The Labute approximate surface area is 157 Å². The number of benzene rings is 1. The zero-order chi connectivity index (χ0) is 19.6. The molecule has 2 atom stereocenters. The Morgan fingerprint density at radius 1 is 1.30 bits per heavy atom. The van der Waals surface area contributed by atoms with Gasteiger partial charge in [0, 0.05) is 18.4 Å². The molecule has 0 radical (unpaired) electrons. The molecule has 7 nitrogen and oxygen atoms in total. The molecule has 27 heavy (non-hydrogen) atoms. The van der Waals surface area contributed by atoms with Crippen LogP contribution in [0.1, 0.15) is 33.0 Å². The molecular weight excluding hydrogens is 348 g/mol. The standard InChI is InChI=1S/C20H24N2O5/c1-12(2)15-11-26-20(25)22(15)17(23)10-13(3)9-16-19(24)18(21-27-16)14-7-5-4-6-8-14/h4-8,12-13,15,24H,9-11H2,1-3H3/t13-,15+/m0/s1. The summed E-state index contributed by atoms with van der Waals surface area (Å²) in [5.41, 5.74) is 1.14. The predicted molar refractivity (Wildman–Crippen MR) is 97.9 cm³/mol. The molecule has 1 aromatic carbocycles. The quantitative estimate of drug-likeness (QED) is 0.832. The molecule has 0 spiro atoms. The van der Waals surface area contributed by atoms with Crippen LogP contribution in [-0.2, 0) is 16.0 Å². The largest absolute Gasteiger partial charge is 0.503 e. The summed E-state index contributed by atoms with van der Waals surface area (Å²) in [4.78, 5) is 25.7. The average Bonchev–Trinajstić information content (AvgIpc) is 3.19. The number of hydrogen-bond donors (Lipinski definition) is 1. The van der Waals surface area contributed by atoms with Crippen molar-refractivity contribution in [1.29, 1.82) is 0 Å². The third-order valence-electron chi connectivity index (χ3n) is 4.78. The molecule has 144 valence electrons. The molecule has 1 N–H and O–H groups in total. The number of amides is 2. The van der Waals surface area contributed by atoms with E-state index in [2.05, 4.69) is 5.16 Å². The van der Waals surface area contributed by atoms with Crippen molar-refractivity contribution in [2.75, 3.05) is 6.61 Å². The maximum atomic E-state index is 12.6. The Morgan fingerprint density at radius 2 is 2.00 bits per heavy atom. The predicted octanol–water partition coefficient (Wildman–Crippen LogP) is 3.62. The van der Waals surface area contributed by atoms with Gasteiger partial charge >= 0.3 is 6.09 Å². The van der Waals surface area contributed by atoms with Crippen LogP contribution in [0.15, 0.2) is 34.9 Å². The van der Waals surface area contributed by atoms with E-state index in [4.69, 9.17) is 9.26 Å². The molecule has 1 saturated heterocycles. The third kappa shape index (κ3) is 3.97. The van der Waals surface area contributed by atoms with Gasteiger partial charge in [-0.25, -0.2) is 9.69 Å².